The fourth-order valence-electron chi connectivity index (χ4n) is 3.96. The van der Waals surface area contributed by atoms with Crippen molar-refractivity contribution < 1.29 is 14.7 Å². The molecule has 7 heteroatoms. The highest BCUT2D eigenvalue weighted by Gasteiger charge is 2.28. The Labute approximate surface area is 163 Å². The first-order valence-corrected chi connectivity index (χ1v) is 9.77. The van der Waals surface area contributed by atoms with Gasteiger partial charge < -0.3 is 10.4 Å². The smallest absolute Gasteiger partial charge is 0.305 e. The average molecular weight is 385 g/mol. The molecule has 28 heavy (non-hydrogen) atoms. The standard InChI is InChI=1S/C21H27N3O4/c1-13-8-9-14(2)18(10-13)24-19(25)11-17(23-24)21(28)22-16(12-20(26)27)15-6-4-3-5-7-15/h8-11,15-16,23H,3-7,12H2,1-2H3,(H,22,28)(H,26,27). The zero-order valence-corrected chi connectivity index (χ0v) is 16.3. The first kappa shape index (κ1) is 19.9. The number of carboxylic acid groups (broad SMARTS) is 1. The van der Waals surface area contributed by atoms with Crippen LogP contribution in [0.4, 0.5) is 0 Å². The minimum absolute atomic E-state index is 0.113. The van der Waals surface area contributed by atoms with Gasteiger partial charge in [-0.25, -0.2) is 4.68 Å². The van der Waals surface area contributed by atoms with E-state index in [1.165, 1.54) is 10.7 Å². The van der Waals surface area contributed by atoms with Crippen LogP contribution in [0.1, 0.15) is 60.1 Å². The second kappa shape index (κ2) is 8.46. The Hall–Kier alpha value is -2.83. The summed E-state index contributed by atoms with van der Waals surface area (Å²) >= 11 is 0. The van der Waals surface area contributed by atoms with Gasteiger partial charge in [-0.15, -0.1) is 0 Å². The lowest BCUT2D eigenvalue weighted by atomic mass is 9.82. The molecule has 1 fully saturated rings. The fourth-order valence-corrected chi connectivity index (χ4v) is 3.96. The molecule has 1 saturated carbocycles. The van der Waals surface area contributed by atoms with Crippen LogP contribution in [0.5, 0.6) is 0 Å². The van der Waals surface area contributed by atoms with Crippen LogP contribution in [0.25, 0.3) is 5.69 Å². The molecule has 1 aliphatic carbocycles. The third-order valence-electron chi connectivity index (χ3n) is 5.50. The molecule has 1 aromatic carbocycles. The zero-order valence-electron chi connectivity index (χ0n) is 16.3. The number of amides is 1. The van der Waals surface area contributed by atoms with Crippen molar-refractivity contribution in [3.63, 3.8) is 0 Å². The number of carbonyl (C=O) groups is 2. The maximum absolute atomic E-state index is 12.7. The van der Waals surface area contributed by atoms with Crippen molar-refractivity contribution in [3.8, 4) is 5.69 Å². The fraction of sp³-hybridized carbons (Fsp3) is 0.476. The van der Waals surface area contributed by atoms with E-state index in [2.05, 4.69) is 10.4 Å². The van der Waals surface area contributed by atoms with E-state index in [9.17, 15) is 19.5 Å². The summed E-state index contributed by atoms with van der Waals surface area (Å²) in [4.78, 5) is 36.4. The Morgan fingerprint density at radius 2 is 1.93 bits per heavy atom. The van der Waals surface area contributed by atoms with Gasteiger partial charge in [0.25, 0.3) is 11.5 Å². The van der Waals surface area contributed by atoms with Crippen molar-refractivity contribution in [1.82, 2.24) is 15.1 Å². The molecular formula is C21H27N3O4. The highest BCUT2D eigenvalue weighted by molar-refractivity contribution is 5.92. The first-order valence-electron chi connectivity index (χ1n) is 9.77. The number of H-pyrrole nitrogens is 1. The van der Waals surface area contributed by atoms with Crippen LogP contribution in [-0.4, -0.2) is 32.8 Å². The van der Waals surface area contributed by atoms with E-state index in [4.69, 9.17) is 0 Å². The number of hydrogen-bond acceptors (Lipinski definition) is 3. The SMILES string of the molecule is Cc1ccc(C)c(-n2[nH]c(C(=O)NC(CC(=O)O)C3CCCCC3)cc2=O)c1. The van der Waals surface area contributed by atoms with E-state index in [1.54, 1.807) is 0 Å². The van der Waals surface area contributed by atoms with Crippen LogP contribution >= 0.6 is 0 Å². The summed E-state index contributed by atoms with van der Waals surface area (Å²) < 4.78 is 1.35. The molecule has 150 valence electrons. The largest absolute Gasteiger partial charge is 0.481 e. The number of aromatic nitrogens is 2. The summed E-state index contributed by atoms with van der Waals surface area (Å²) in [5.41, 5.74) is 2.42. The Morgan fingerprint density at radius 1 is 1.21 bits per heavy atom. The highest BCUT2D eigenvalue weighted by atomic mass is 16.4. The van der Waals surface area contributed by atoms with Crippen LogP contribution in [0.2, 0.25) is 0 Å². The van der Waals surface area contributed by atoms with Crippen molar-refractivity contribution in [3.05, 3.63) is 51.4 Å². The monoisotopic (exact) mass is 385 g/mol. The van der Waals surface area contributed by atoms with Crippen molar-refractivity contribution in [1.29, 1.82) is 0 Å². The van der Waals surface area contributed by atoms with Gasteiger partial charge in [0.1, 0.15) is 5.69 Å². The normalized spacial score (nSPS) is 15.9. The minimum atomic E-state index is -0.933. The molecule has 0 aliphatic heterocycles. The number of aryl methyl sites for hydroxylation is 2. The molecule has 7 nitrogen and oxygen atoms in total. The summed E-state index contributed by atoms with van der Waals surface area (Å²) in [5.74, 6) is -1.23. The predicted octanol–water partition coefficient (Wildman–Crippen LogP) is 2.94. The summed E-state index contributed by atoms with van der Waals surface area (Å²) in [5, 5.41) is 15.0. The number of aliphatic carboxylic acids is 1. The predicted molar refractivity (Wildman–Crippen MR) is 106 cm³/mol. The molecule has 0 saturated heterocycles. The van der Waals surface area contributed by atoms with E-state index >= 15 is 0 Å². The van der Waals surface area contributed by atoms with E-state index in [1.807, 2.05) is 32.0 Å². The third kappa shape index (κ3) is 4.52. The third-order valence-corrected chi connectivity index (χ3v) is 5.50. The summed E-state index contributed by atoms with van der Waals surface area (Å²) in [7, 11) is 0. The lowest BCUT2D eigenvalue weighted by molar-refractivity contribution is -0.137. The lowest BCUT2D eigenvalue weighted by Gasteiger charge is -2.29. The minimum Gasteiger partial charge on any atom is -0.481 e. The Kier molecular flexibility index (Phi) is 6.02. The van der Waals surface area contributed by atoms with Crippen LogP contribution in [0.15, 0.2) is 29.1 Å². The van der Waals surface area contributed by atoms with Crippen molar-refractivity contribution in [2.24, 2.45) is 5.92 Å². The molecule has 0 bridgehead atoms. The molecular weight excluding hydrogens is 358 g/mol. The first-order chi connectivity index (χ1) is 13.3. The number of nitrogens with zero attached hydrogens (tertiary/aromatic N) is 1. The van der Waals surface area contributed by atoms with Gasteiger partial charge >= 0.3 is 5.97 Å². The number of rotatable bonds is 6. The Bertz CT molecular complexity index is 922. The van der Waals surface area contributed by atoms with Crippen molar-refractivity contribution in [2.75, 3.05) is 0 Å². The number of benzene rings is 1. The molecule has 3 rings (SSSR count). The molecule has 1 unspecified atom stereocenters. The van der Waals surface area contributed by atoms with Crippen LogP contribution in [-0.2, 0) is 4.79 Å². The lowest BCUT2D eigenvalue weighted by Crippen LogP contribution is -2.42. The van der Waals surface area contributed by atoms with Gasteiger partial charge in [0.15, 0.2) is 0 Å². The average Bonchev–Trinajstić information content (AvgIpc) is 3.05. The van der Waals surface area contributed by atoms with Crippen molar-refractivity contribution >= 4 is 11.9 Å². The van der Waals surface area contributed by atoms with Gasteiger partial charge in [0.2, 0.25) is 0 Å². The molecule has 1 heterocycles. The second-order valence-electron chi connectivity index (χ2n) is 7.71. The van der Waals surface area contributed by atoms with Crippen LogP contribution in [0, 0.1) is 19.8 Å². The number of carbonyl (C=O) groups excluding carboxylic acids is 1. The maximum Gasteiger partial charge on any atom is 0.305 e. The summed E-state index contributed by atoms with van der Waals surface area (Å²) in [6.45, 7) is 3.83. The molecule has 1 atom stereocenters. The molecule has 0 radical (unpaired) electrons. The number of nitrogens with one attached hydrogen (secondary N) is 2. The quantitative estimate of drug-likeness (QED) is 0.711. The molecule has 1 aliphatic rings. The van der Waals surface area contributed by atoms with Gasteiger partial charge in [-0.2, -0.15) is 0 Å². The second-order valence-corrected chi connectivity index (χ2v) is 7.71. The van der Waals surface area contributed by atoms with E-state index < -0.39 is 17.9 Å². The molecule has 1 aromatic heterocycles. The maximum atomic E-state index is 12.7. The Morgan fingerprint density at radius 3 is 2.61 bits per heavy atom. The van der Waals surface area contributed by atoms with Gasteiger partial charge in [-0.05, 0) is 49.8 Å². The molecule has 1 amide bonds. The van der Waals surface area contributed by atoms with Crippen LogP contribution in [0.3, 0.4) is 0 Å². The van der Waals surface area contributed by atoms with Crippen molar-refractivity contribution in [2.45, 2.75) is 58.4 Å². The van der Waals surface area contributed by atoms with E-state index in [0.29, 0.717) is 5.69 Å². The van der Waals surface area contributed by atoms with Crippen LogP contribution < -0.4 is 10.9 Å². The topological polar surface area (TPSA) is 104 Å². The number of hydrogen-bond donors (Lipinski definition) is 3. The van der Waals surface area contributed by atoms with E-state index in [-0.39, 0.29) is 23.6 Å². The molecule has 0 spiro atoms. The molecule has 2 aromatic rings. The Balaban J connectivity index is 1.82. The van der Waals surface area contributed by atoms with Gasteiger partial charge in [-0.1, -0.05) is 31.4 Å². The van der Waals surface area contributed by atoms with E-state index in [0.717, 1.165) is 43.2 Å². The zero-order chi connectivity index (χ0) is 20.3. The summed E-state index contributed by atoms with van der Waals surface area (Å²) in [6.07, 6.45) is 4.97. The summed E-state index contributed by atoms with van der Waals surface area (Å²) in [6, 6.07) is 6.59. The van der Waals surface area contributed by atoms with Gasteiger partial charge in [0.05, 0.1) is 12.1 Å². The number of aromatic amines is 1. The number of carboxylic acids is 1. The molecule has 3 N–H and O–H groups in total. The van der Waals surface area contributed by atoms with Gasteiger partial charge in [-0.3, -0.25) is 19.5 Å². The van der Waals surface area contributed by atoms with Gasteiger partial charge in [0, 0.05) is 12.1 Å². The highest BCUT2D eigenvalue weighted by Crippen LogP contribution is 2.28.